The number of rotatable bonds is 2. The maximum absolute atomic E-state index is 10.5. The van der Waals surface area contributed by atoms with Crippen molar-refractivity contribution in [1.82, 2.24) is 10.3 Å². The molecule has 6 heteroatoms. The van der Waals surface area contributed by atoms with Crippen molar-refractivity contribution in [3.63, 3.8) is 0 Å². The number of hydrogen-bond acceptors (Lipinski definition) is 5. The normalized spacial score (nSPS) is 16.3. The zero-order valence-electron chi connectivity index (χ0n) is 7.43. The van der Waals surface area contributed by atoms with Gasteiger partial charge in [-0.3, -0.25) is 10.1 Å². The Balaban J connectivity index is 2.36. The molecule has 0 amide bonds. The Bertz CT molecular complexity index is 376. The lowest BCUT2D eigenvalue weighted by Gasteiger charge is -2.27. The first-order chi connectivity index (χ1) is 6.68. The number of nitrogens with zero attached hydrogens (tertiary/aromatic N) is 2. The quantitative estimate of drug-likeness (QED) is 0.520. The van der Waals surface area contributed by atoms with Crippen molar-refractivity contribution in [2.45, 2.75) is 5.92 Å². The summed E-state index contributed by atoms with van der Waals surface area (Å²) >= 11 is 0. The zero-order valence-corrected chi connectivity index (χ0v) is 7.43. The largest absolute Gasteiger partial charge is 0.383 e. The van der Waals surface area contributed by atoms with Crippen LogP contribution in [0.25, 0.3) is 0 Å². The number of aromatic nitrogens is 1. The van der Waals surface area contributed by atoms with Crippen LogP contribution in [0.1, 0.15) is 11.5 Å². The fourth-order valence-electron chi connectivity index (χ4n) is 1.42. The number of pyridine rings is 1. The van der Waals surface area contributed by atoms with E-state index in [0.717, 1.165) is 18.7 Å². The van der Waals surface area contributed by atoms with Gasteiger partial charge in [0.1, 0.15) is 12.0 Å². The number of nitro groups is 1. The maximum atomic E-state index is 10.5. The van der Waals surface area contributed by atoms with E-state index in [4.69, 9.17) is 5.73 Å². The lowest BCUT2D eigenvalue weighted by atomic mass is 9.94. The number of anilines is 1. The zero-order chi connectivity index (χ0) is 10.1. The highest BCUT2D eigenvalue weighted by atomic mass is 16.6. The second-order valence-corrected chi connectivity index (χ2v) is 3.28. The molecular formula is C8H10N4O2. The predicted molar refractivity (Wildman–Crippen MR) is 50.9 cm³/mol. The van der Waals surface area contributed by atoms with Crippen molar-refractivity contribution in [2.75, 3.05) is 18.8 Å². The predicted octanol–water partition coefficient (Wildman–Crippen LogP) is 0.259. The molecule has 0 atom stereocenters. The van der Waals surface area contributed by atoms with Crippen LogP contribution in [0.15, 0.2) is 12.3 Å². The molecule has 0 aliphatic carbocycles. The number of nitrogens with two attached hydrogens (primary N) is 1. The second kappa shape index (κ2) is 3.22. The third-order valence-corrected chi connectivity index (χ3v) is 2.37. The number of hydrogen-bond donors (Lipinski definition) is 2. The molecule has 0 radical (unpaired) electrons. The first kappa shape index (κ1) is 8.89. The SMILES string of the molecule is Nc1ncc([N+](=O)[O-])cc1C1CNC1. The third-order valence-electron chi connectivity index (χ3n) is 2.37. The summed E-state index contributed by atoms with van der Waals surface area (Å²) in [5, 5.41) is 13.6. The van der Waals surface area contributed by atoms with Gasteiger partial charge in [0.15, 0.2) is 0 Å². The molecule has 1 saturated heterocycles. The van der Waals surface area contributed by atoms with Gasteiger partial charge < -0.3 is 11.1 Å². The molecule has 0 bridgehead atoms. The van der Waals surface area contributed by atoms with Gasteiger partial charge in [-0.15, -0.1) is 0 Å². The number of nitrogens with one attached hydrogen (secondary N) is 1. The minimum atomic E-state index is -0.456. The highest BCUT2D eigenvalue weighted by Gasteiger charge is 2.23. The van der Waals surface area contributed by atoms with Gasteiger partial charge in [0, 0.05) is 30.6 Å². The molecule has 1 fully saturated rings. The summed E-state index contributed by atoms with van der Waals surface area (Å²) in [6.07, 6.45) is 1.19. The molecule has 1 aliphatic rings. The molecule has 74 valence electrons. The summed E-state index contributed by atoms with van der Waals surface area (Å²) in [6, 6.07) is 1.51. The minimum absolute atomic E-state index is 0.00102. The Hall–Kier alpha value is -1.69. The van der Waals surface area contributed by atoms with Gasteiger partial charge in [-0.1, -0.05) is 0 Å². The van der Waals surface area contributed by atoms with Crippen molar-refractivity contribution >= 4 is 11.5 Å². The van der Waals surface area contributed by atoms with E-state index in [1.807, 2.05) is 0 Å². The summed E-state index contributed by atoms with van der Waals surface area (Å²) in [7, 11) is 0. The molecule has 0 aromatic carbocycles. The van der Waals surface area contributed by atoms with Gasteiger partial charge in [0.05, 0.1) is 4.92 Å². The summed E-state index contributed by atoms with van der Waals surface area (Å²) < 4.78 is 0. The fourth-order valence-corrected chi connectivity index (χ4v) is 1.42. The van der Waals surface area contributed by atoms with Crippen LogP contribution < -0.4 is 11.1 Å². The fraction of sp³-hybridized carbons (Fsp3) is 0.375. The van der Waals surface area contributed by atoms with Crippen LogP contribution in [0, 0.1) is 10.1 Å². The molecule has 0 saturated carbocycles. The second-order valence-electron chi connectivity index (χ2n) is 3.28. The molecule has 1 aliphatic heterocycles. The van der Waals surface area contributed by atoms with Crippen LogP contribution in [-0.2, 0) is 0 Å². The highest BCUT2D eigenvalue weighted by Crippen LogP contribution is 2.27. The van der Waals surface area contributed by atoms with Crippen molar-refractivity contribution in [3.05, 3.63) is 27.9 Å². The first-order valence-electron chi connectivity index (χ1n) is 4.29. The summed E-state index contributed by atoms with van der Waals surface area (Å²) in [4.78, 5) is 13.9. The van der Waals surface area contributed by atoms with Gasteiger partial charge in [0.25, 0.3) is 5.69 Å². The van der Waals surface area contributed by atoms with E-state index >= 15 is 0 Å². The van der Waals surface area contributed by atoms with Gasteiger partial charge in [-0.2, -0.15) is 0 Å². The van der Waals surface area contributed by atoms with Crippen LogP contribution in [0.3, 0.4) is 0 Å². The smallest absolute Gasteiger partial charge is 0.288 e. The Kier molecular flexibility index (Phi) is 2.05. The van der Waals surface area contributed by atoms with Crippen molar-refractivity contribution in [3.8, 4) is 0 Å². The molecule has 6 nitrogen and oxygen atoms in total. The van der Waals surface area contributed by atoms with Crippen LogP contribution in [-0.4, -0.2) is 23.0 Å². The minimum Gasteiger partial charge on any atom is -0.383 e. The Morgan fingerprint density at radius 3 is 2.86 bits per heavy atom. The Morgan fingerprint density at radius 1 is 1.64 bits per heavy atom. The molecule has 14 heavy (non-hydrogen) atoms. The summed E-state index contributed by atoms with van der Waals surface area (Å²) in [5.74, 6) is 0.657. The van der Waals surface area contributed by atoms with Crippen molar-refractivity contribution < 1.29 is 4.92 Å². The lowest BCUT2D eigenvalue weighted by molar-refractivity contribution is -0.385. The van der Waals surface area contributed by atoms with E-state index in [2.05, 4.69) is 10.3 Å². The highest BCUT2D eigenvalue weighted by molar-refractivity contribution is 5.48. The average Bonchev–Trinajstić information content (AvgIpc) is 2.05. The van der Waals surface area contributed by atoms with E-state index < -0.39 is 4.92 Å². The molecular weight excluding hydrogens is 184 g/mol. The van der Waals surface area contributed by atoms with Gasteiger partial charge in [-0.05, 0) is 0 Å². The first-order valence-corrected chi connectivity index (χ1v) is 4.29. The van der Waals surface area contributed by atoms with E-state index in [1.165, 1.54) is 12.3 Å². The van der Waals surface area contributed by atoms with Gasteiger partial charge in [-0.25, -0.2) is 4.98 Å². The summed E-state index contributed by atoms with van der Waals surface area (Å²) in [6.45, 7) is 1.63. The van der Waals surface area contributed by atoms with Crippen molar-refractivity contribution in [2.24, 2.45) is 0 Å². The van der Waals surface area contributed by atoms with E-state index in [0.29, 0.717) is 5.82 Å². The Labute approximate surface area is 80.3 Å². The molecule has 2 rings (SSSR count). The number of nitrogen functional groups attached to an aromatic ring is 1. The third kappa shape index (κ3) is 1.39. The molecule has 0 unspecified atom stereocenters. The van der Waals surface area contributed by atoms with E-state index in [-0.39, 0.29) is 11.6 Å². The molecule has 0 spiro atoms. The Morgan fingerprint density at radius 2 is 2.36 bits per heavy atom. The lowest BCUT2D eigenvalue weighted by Crippen LogP contribution is -2.40. The van der Waals surface area contributed by atoms with Crippen LogP contribution >= 0.6 is 0 Å². The van der Waals surface area contributed by atoms with Crippen LogP contribution in [0.2, 0.25) is 0 Å². The standard InChI is InChI=1S/C8H10N4O2/c9-8-7(5-2-10-3-5)1-6(4-11-8)12(13)14/h1,4-5,10H,2-3H2,(H2,9,11). The maximum Gasteiger partial charge on any atom is 0.288 e. The van der Waals surface area contributed by atoms with E-state index in [1.54, 1.807) is 0 Å². The monoisotopic (exact) mass is 194 g/mol. The molecule has 3 N–H and O–H groups in total. The molecule has 2 heterocycles. The van der Waals surface area contributed by atoms with Gasteiger partial charge >= 0.3 is 0 Å². The van der Waals surface area contributed by atoms with Gasteiger partial charge in [0.2, 0.25) is 0 Å². The molecule has 1 aromatic heterocycles. The molecule has 1 aromatic rings. The average molecular weight is 194 g/mol. The summed E-state index contributed by atoms with van der Waals surface area (Å²) in [5.41, 5.74) is 6.42. The van der Waals surface area contributed by atoms with Crippen molar-refractivity contribution in [1.29, 1.82) is 0 Å². The van der Waals surface area contributed by atoms with Crippen LogP contribution in [0.5, 0.6) is 0 Å². The van der Waals surface area contributed by atoms with E-state index in [9.17, 15) is 10.1 Å². The topological polar surface area (TPSA) is 94.1 Å². The van der Waals surface area contributed by atoms with Crippen LogP contribution in [0.4, 0.5) is 11.5 Å².